The van der Waals surface area contributed by atoms with Crippen LogP contribution in [0.1, 0.15) is 32.1 Å². The van der Waals surface area contributed by atoms with Gasteiger partial charge in [0.1, 0.15) is 5.69 Å². The summed E-state index contributed by atoms with van der Waals surface area (Å²) in [6.45, 7) is 0.788. The lowest BCUT2D eigenvalue weighted by atomic mass is 9.82. The summed E-state index contributed by atoms with van der Waals surface area (Å²) >= 11 is 0. The molecule has 0 spiro atoms. The SMILES string of the molecule is NC1(C(=O)NCCNc2ccccc2[N+](=O)[O-])CCCCC1. The highest BCUT2D eigenvalue weighted by Gasteiger charge is 2.34. The number of benzene rings is 1. The summed E-state index contributed by atoms with van der Waals surface area (Å²) < 4.78 is 0. The van der Waals surface area contributed by atoms with Gasteiger partial charge in [-0.1, -0.05) is 31.4 Å². The van der Waals surface area contributed by atoms with Gasteiger partial charge in [0.05, 0.1) is 10.5 Å². The lowest BCUT2D eigenvalue weighted by Gasteiger charge is -2.31. The molecule has 0 radical (unpaired) electrons. The van der Waals surface area contributed by atoms with Crippen LogP contribution in [0, 0.1) is 10.1 Å². The zero-order valence-corrected chi connectivity index (χ0v) is 12.5. The van der Waals surface area contributed by atoms with Gasteiger partial charge in [-0.15, -0.1) is 0 Å². The summed E-state index contributed by atoms with van der Waals surface area (Å²) in [5, 5.41) is 16.7. The van der Waals surface area contributed by atoms with Crippen molar-refractivity contribution in [3.63, 3.8) is 0 Å². The molecule has 1 aromatic rings. The molecule has 1 aromatic carbocycles. The molecule has 1 amide bonds. The molecule has 0 saturated heterocycles. The molecule has 0 atom stereocenters. The second kappa shape index (κ2) is 7.22. The number of carbonyl (C=O) groups is 1. The lowest BCUT2D eigenvalue weighted by molar-refractivity contribution is -0.384. The molecule has 0 aromatic heterocycles. The number of hydrogen-bond acceptors (Lipinski definition) is 5. The summed E-state index contributed by atoms with van der Waals surface area (Å²) in [6, 6.07) is 6.43. The number of nitrogens with one attached hydrogen (secondary N) is 2. The van der Waals surface area contributed by atoms with Crippen LogP contribution >= 0.6 is 0 Å². The average Bonchev–Trinajstić information content (AvgIpc) is 2.52. The highest BCUT2D eigenvalue weighted by atomic mass is 16.6. The van der Waals surface area contributed by atoms with E-state index in [0.29, 0.717) is 18.8 Å². The molecule has 0 heterocycles. The number of rotatable bonds is 6. The van der Waals surface area contributed by atoms with Gasteiger partial charge in [0.15, 0.2) is 0 Å². The molecule has 7 heteroatoms. The van der Waals surface area contributed by atoms with E-state index in [-0.39, 0.29) is 11.6 Å². The third kappa shape index (κ3) is 3.94. The quantitative estimate of drug-likeness (QED) is 0.421. The van der Waals surface area contributed by atoms with Crippen LogP contribution in [0.4, 0.5) is 11.4 Å². The van der Waals surface area contributed by atoms with Crippen LogP contribution in [-0.2, 0) is 4.79 Å². The molecule has 2 rings (SSSR count). The molecule has 1 aliphatic rings. The fourth-order valence-electron chi connectivity index (χ4n) is 2.74. The second-order valence-electron chi connectivity index (χ2n) is 5.67. The van der Waals surface area contributed by atoms with Crippen molar-refractivity contribution < 1.29 is 9.72 Å². The van der Waals surface area contributed by atoms with E-state index in [9.17, 15) is 14.9 Å². The molecule has 22 heavy (non-hydrogen) atoms. The summed E-state index contributed by atoms with van der Waals surface area (Å²) in [7, 11) is 0. The Balaban J connectivity index is 1.80. The first kappa shape index (κ1) is 16.2. The number of nitrogens with zero attached hydrogens (tertiary/aromatic N) is 1. The van der Waals surface area contributed by atoms with Crippen LogP contribution in [0.5, 0.6) is 0 Å². The van der Waals surface area contributed by atoms with Gasteiger partial charge in [-0.3, -0.25) is 14.9 Å². The Hall–Kier alpha value is -2.15. The molecule has 4 N–H and O–H groups in total. The summed E-state index contributed by atoms with van der Waals surface area (Å²) in [5.41, 5.74) is 5.86. The molecular weight excluding hydrogens is 284 g/mol. The van der Waals surface area contributed by atoms with E-state index in [1.807, 2.05) is 0 Å². The molecule has 1 saturated carbocycles. The lowest BCUT2D eigenvalue weighted by Crippen LogP contribution is -2.55. The van der Waals surface area contributed by atoms with Gasteiger partial charge in [-0.05, 0) is 18.9 Å². The molecule has 0 unspecified atom stereocenters. The summed E-state index contributed by atoms with van der Waals surface area (Å²) in [6.07, 6.45) is 4.54. The maximum Gasteiger partial charge on any atom is 0.292 e. The number of carbonyl (C=O) groups excluding carboxylic acids is 1. The Labute approximate surface area is 129 Å². The minimum atomic E-state index is -0.753. The number of nitro groups is 1. The molecule has 120 valence electrons. The number of anilines is 1. The van der Waals surface area contributed by atoms with Crippen molar-refractivity contribution in [2.45, 2.75) is 37.6 Å². The number of amides is 1. The monoisotopic (exact) mass is 306 g/mol. The maximum atomic E-state index is 12.1. The van der Waals surface area contributed by atoms with Crippen LogP contribution in [0.3, 0.4) is 0 Å². The standard InChI is InChI=1S/C15H22N4O3/c16-15(8-4-1-5-9-15)14(20)18-11-10-17-12-6-2-3-7-13(12)19(21)22/h2-3,6-7,17H,1,4-5,8-11,16H2,(H,18,20). The van der Waals surface area contributed by atoms with Crippen molar-refractivity contribution in [2.24, 2.45) is 5.73 Å². The molecular formula is C15H22N4O3. The number of hydrogen-bond donors (Lipinski definition) is 3. The topological polar surface area (TPSA) is 110 Å². The fourth-order valence-corrected chi connectivity index (χ4v) is 2.74. The Morgan fingerprint density at radius 1 is 1.23 bits per heavy atom. The van der Waals surface area contributed by atoms with E-state index in [4.69, 9.17) is 5.73 Å². The van der Waals surface area contributed by atoms with Crippen molar-refractivity contribution in [3.8, 4) is 0 Å². The smallest absolute Gasteiger partial charge is 0.292 e. The predicted octanol–water partition coefficient (Wildman–Crippen LogP) is 1.78. The van der Waals surface area contributed by atoms with E-state index in [0.717, 1.165) is 32.1 Å². The molecule has 7 nitrogen and oxygen atoms in total. The normalized spacial score (nSPS) is 16.8. The Morgan fingerprint density at radius 3 is 2.59 bits per heavy atom. The van der Waals surface area contributed by atoms with Gasteiger partial charge in [-0.2, -0.15) is 0 Å². The van der Waals surface area contributed by atoms with Gasteiger partial charge < -0.3 is 16.4 Å². The van der Waals surface area contributed by atoms with Crippen molar-refractivity contribution in [2.75, 3.05) is 18.4 Å². The minimum Gasteiger partial charge on any atom is -0.378 e. The minimum absolute atomic E-state index is 0.0244. The van der Waals surface area contributed by atoms with Crippen molar-refractivity contribution in [1.29, 1.82) is 0 Å². The molecule has 0 aliphatic heterocycles. The van der Waals surface area contributed by atoms with Gasteiger partial charge in [0.25, 0.3) is 5.69 Å². The molecule has 1 aliphatic carbocycles. The fraction of sp³-hybridized carbons (Fsp3) is 0.533. The van der Waals surface area contributed by atoms with Gasteiger partial charge >= 0.3 is 0 Å². The predicted molar refractivity (Wildman–Crippen MR) is 84.6 cm³/mol. The first-order valence-corrected chi connectivity index (χ1v) is 7.57. The van der Waals surface area contributed by atoms with Gasteiger partial charge in [-0.25, -0.2) is 0 Å². The van der Waals surface area contributed by atoms with Crippen LogP contribution in [0.2, 0.25) is 0 Å². The van der Waals surface area contributed by atoms with Crippen LogP contribution in [0.25, 0.3) is 0 Å². The zero-order chi connectivity index (χ0) is 16.0. The Morgan fingerprint density at radius 2 is 1.91 bits per heavy atom. The average molecular weight is 306 g/mol. The van der Waals surface area contributed by atoms with Gasteiger partial charge in [0.2, 0.25) is 5.91 Å². The second-order valence-corrected chi connectivity index (χ2v) is 5.67. The number of nitro benzene ring substituents is 1. The first-order chi connectivity index (χ1) is 10.5. The van der Waals surface area contributed by atoms with E-state index < -0.39 is 10.5 Å². The maximum absolute atomic E-state index is 12.1. The van der Waals surface area contributed by atoms with Crippen LogP contribution < -0.4 is 16.4 Å². The van der Waals surface area contributed by atoms with E-state index in [1.165, 1.54) is 6.07 Å². The van der Waals surface area contributed by atoms with Crippen molar-refractivity contribution >= 4 is 17.3 Å². The van der Waals surface area contributed by atoms with Crippen molar-refractivity contribution in [1.82, 2.24) is 5.32 Å². The van der Waals surface area contributed by atoms with Gasteiger partial charge in [0, 0.05) is 19.2 Å². The van der Waals surface area contributed by atoms with Crippen LogP contribution in [0.15, 0.2) is 24.3 Å². The summed E-state index contributed by atoms with van der Waals surface area (Å²) in [5.74, 6) is -0.128. The van der Waals surface area contributed by atoms with Crippen molar-refractivity contribution in [3.05, 3.63) is 34.4 Å². The third-order valence-corrected chi connectivity index (χ3v) is 4.02. The third-order valence-electron chi connectivity index (χ3n) is 4.02. The first-order valence-electron chi connectivity index (χ1n) is 7.57. The highest BCUT2D eigenvalue weighted by Crippen LogP contribution is 2.26. The Kier molecular flexibility index (Phi) is 5.32. The van der Waals surface area contributed by atoms with E-state index in [2.05, 4.69) is 10.6 Å². The highest BCUT2D eigenvalue weighted by molar-refractivity contribution is 5.86. The molecule has 1 fully saturated rings. The largest absolute Gasteiger partial charge is 0.378 e. The molecule has 0 bridgehead atoms. The van der Waals surface area contributed by atoms with E-state index >= 15 is 0 Å². The van der Waals surface area contributed by atoms with E-state index in [1.54, 1.807) is 18.2 Å². The number of nitrogens with two attached hydrogens (primary N) is 1. The number of para-hydroxylation sites is 2. The Bertz CT molecular complexity index is 541. The van der Waals surface area contributed by atoms with Crippen LogP contribution in [-0.4, -0.2) is 29.5 Å². The summed E-state index contributed by atoms with van der Waals surface area (Å²) in [4.78, 5) is 22.6. The zero-order valence-electron chi connectivity index (χ0n) is 12.5.